The molecule has 2 rings (SSSR count). The number of amides is 1. The fourth-order valence-corrected chi connectivity index (χ4v) is 2.62. The van der Waals surface area contributed by atoms with Crippen LogP contribution in [0, 0.1) is 0 Å². The van der Waals surface area contributed by atoms with E-state index >= 15 is 0 Å². The minimum absolute atomic E-state index is 0.186. The Morgan fingerprint density at radius 3 is 2.79 bits per heavy atom. The summed E-state index contributed by atoms with van der Waals surface area (Å²) in [5, 5.41) is 1.70. The van der Waals surface area contributed by atoms with E-state index < -0.39 is 11.6 Å². The Balaban J connectivity index is 2.09. The molecule has 0 unspecified atom stereocenters. The molecule has 2 heterocycles. The largest absolute Gasteiger partial charge is 0.458 e. The molecule has 0 bridgehead atoms. The fourth-order valence-electron chi connectivity index (χ4n) is 2.09. The molecule has 6 heteroatoms. The second-order valence-electron chi connectivity index (χ2n) is 5.56. The molecule has 1 aliphatic heterocycles. The van der Waals surface area contributed by atoms with Crippen molar-refractivity contribution in [1.29, 1.82) is 0 Å². The second kappa shape index (κ2) is 5.28. The zero-order valence-electron chi connectivity index (χ0n) is 11.4. The Kier molecular flexibility index (Phi) is 3.89. The lowest BCUT2D eigenvalue weighted by molar-refractivity contribution is -0.159. The number of hydrogen-bond donors (Lipinski definition) is 0. The van der Waals surface area contributed by atoms with Gasteiger partial charge < -0.3 is 9.64 Å². The lowest BCUT2D eigenvalue weighted by Crippen LogP contribution is -2.43. The van der Waals surface area contributed by atoms with E-state index in [-0.39, 0.29) is 11.9 Å². The predicted octanol–water partition coefficient (Wildman–Crippen LogP) is 2.09. The van der Waals surface area contributed by atoms with Gasteiger partial charge in [0.2, 0.25) is 0 Å². The van der Waals surface area contributed by atoms with Crippen LogP contribution in [-0.4, -0.2) is 39.9 Å². The smallest absolute Gasteiger partial charge is 0.329 e. The van der Waals surface area contributed by atoms with Gasteiger partial charge in [0, 0.05) is 11.9 Å². The van der Waals surface area contributed by atoms with Crippen molar-refractivity contribution in [3.63, 3.8) is 0 Å². The minimum atomic E-state index is -0.533. The summed E-state index contributed by atoms with van der Waals surface area (Å²) in [5.74, 6) is -0.511. The van der Waals surface area contributed by atoms with Crippen LogP contribution >= 0.6 is 11.3 Å². The summed E-state index contributed by atoms with van der Waals surface area (Å²) in [6.07, 6.45) is 1.48. The Hall–Kier alpha value is -1.43. The van der Waals surface area contributed by atoms with Gasteiger partial charge in [0.25, 0.3) is 5.91 Å². The number of ether oxygens (including phenoxy) is 1. The average Bonchev–Trinajstić information content (AvgIpc) is 2.97. The summed E-state index contributed by atoms with van der Waals surface area (Å²) in [6, 6.07) is -0.478. The normalized spacial score (nSPS) is 19.5. The highest BCUT2D eigenvalue weighted by Crippen LogP contribution is 2.23. The lowest BCUT2D eigenvalue weighted by atomic mass is 10.1. The van der Waals surface area contributed by atoms with Crippen LogP contribution in [-0.2, 0) is 9.53 Å². The van der Waals surface area contributed by atoms with Crippen molar-refractivity contribution in [2.75, 3.05) is 6.54 Å². The SMILES string of the molecule is CC(C)(C)OC(=O)[C@H]1CCCN1C(=O)c1cscn1. The van der Waals surface area contributed by atoms with Crippen molar-refractivity contribution < 1.29 is 14.3 Å². The third kappa shape index (κ3) is 3.32. The first-order valence-electron chi connectivity index (χ1n) is 6.30. The maximum atomic E-state index is 12.3. The number of carbonyl (C=O) groups is 2. The Morgan fingerprint density at radius 2 is 2.21 bits per heavy atom. The standard InChI is InChI=1S/C13H18N2O3S/c1-13(2,3)18-12(17)10-5-4-6-15(10)11(16)9-7-19-8-14-9/h7-8,10H,4-6H2,1-3H3/t10-/m1/s1. The van der Waals surface area contributed by atoms with Crippen molar-refractivity contribution in [3.05, 3.63) is 16.6 Å². The summed E-state index contributed by atoms with van der Waals surface area (Å²) < 4.78 is 5.37. The molecular weight excluding hydrogens is 264 g/mol. The lowest BCUT2D eigenvalue weighted by Gasteiger charge is -2.27. The summed E-state index contributed by atoms with van der Waals surface area (Å²) >= 11 is 1.37. The summed E-state index contributed by atoms with van der Waals surface area (Å²) in [6.45, 7) is 6.06. The quantitative estimate of drug-likeness (QED) is 0.779. The molecule has 1 aromatic rings. The fraction of sp³-hybridized carbons (Fsp3) is 0.615. The molecule has 1 aromatic heterocycles. The van der Waals surface area contributed by atoms with Crippen molar-refractivity contribution in [2.24, 2.45) is 0 Å². The third-order valence-corrected chi connectivity index (χ3v) is 3.43. The van der Waals surface area contributed by atoms with Gasteiger partial charge in [0.15, 0.2) is 0 Å². The molecule has 1 atom stereocenters. The van der Waals surface area contributed by atoms with E-state index in [2.05, 4.69) is 4.98 Å². The number of carbonyl (C=O) groups excluding carboxylic acids is 2. The van der Waals surface area contributed by atoms with Crippen LogP contribution in [0.2, 0.25) is 0 Å². The minimum Gasteiger partial charge on any atom is -0.458 e. The first-order chi connectivity index (χ1) is 8.88. The molecule has 1 fully saturated rings. The molecule has 1 amide bonds. The molecule has 1 aliphatic rings. The number of esters is 1. The van der Waals surface area contributed by atoms with Gasteiger partial charge in [-0.2, -0.15) is 0 Å². The van der Waals surface area contributed by atoms with Crippen LogP contribution in [0.15, 0.2) is 10.9 Å². The number of thiazole rings is 1. The number of nitrogens with zero attached hydrogens (tertiary/aromatic N) is 2. The highest BCUT2D eigenvalue weighted by Gasteiger charge is 2.37. The molecule has 0 aliphatic carbocycles. The van der Waals surface area contributed by atoms with Crippen LogP contribution in [0.5, 0.6) is 0 Å². The van der Waals surface area contributed by atoms with E-state index in [1.54, 1.807) is 15.8 Å². The summed E-state index contributed by atoms with van der Waals surface area (Å²) in [7, 11) is 0. The number of hydrogen-bond acceptors (Lipinski definition) is 5. The summed E-state index contributed by atoms with van der Waals surface area (Å²) in [4.78, 5) is 29.9. The zero-order chi connectivity index (χ0) is 14.0. The first-order valence-corrected chi connectivity index (χ1v) is 7.25. The van der Waals surface area contributed by atoms with E-state index in [9.17, 15) is 9.59 Å². The van der Waals surface area contributed by atoms with Crippen LogP contribution in [0.25, 0.3) is 0 Å². The highest BCUT2D eigenvalue weighted by molar-refractivity contribution is 7.07. The predicted molar refractivity (Wildman–Crippen MR) is 72.0 cm³/mol. The van der Waals surface area contributed by atoms with Gasteiger partial charge in [0.05, 0.1) is 5.51 Å². The van der Waals surface area contributed by atoms with E-state index in [1.165, 1.54) is 11.3 Å². The molecule has 0 aromatic carbocycles. The monoisotopic (exact) mass is 282 g/mol. The van der Waals surface area contributed by atoms with E-state index in [4.69, 9.17) is 4.74 Å². The van der Waals surface area contributed by atoms with Gasteiger partial charge in [-0.25, -0.2) is 9.78 Å². The molecule has 0 saturated carbocycles. The van der Waals surface area contributed by atoms with Crippen LogP contribution in [0.3, 0.4) is 0 Å². The van der Waals surface area contributed by atoms with Crippen LogP contribution in [0.1, 0.15) is 44.1 Å². The Labute approximate surface area is 116 Å². The van der Waals surface area contributed by atoms with Gasteiger partial charge in [-0.15, -0.1) is 11.3 Å². The van der Waals surface area contributed by atoms with Gasteiger partial charge >= 0.3 is 5.97 Å². The van der Waals surface area contributed by atoms with Gasteiger partial charge in [0.1, 0.15) is 17.3 Å². The summed E-state index contributed by atoms with van der Waals surface area (Å²) in [5.41, 5.74) is 1.49. The molecule has 5 nitrogen and oxygen atoms in total. The molecule has 0 spiro atoms. The maximum absolute atomic E-state index is 12.3. The van der Waals surface area contributed by atoms with E-state index in [0.29, 0.717) is 18.7 Å². The molecule has 104 valence electrons. The van der Waals surface area contributed by atoms with Gasteiger partial charge in [-0.05, 0) is 33.6 Å². The first kappa shape index (κ1) is 14.0. The molecular formula is C13H18N2O3S. The molecule has 1 saturated heterocycles. The molecule has 19 heavy (non-hydrogen) atoms. The second-order valence-corrected chi connectivity index (χ2v) is 6.28. The number of likely N-dealkylation sites (tertiary alicyclic amines) is 1. The van der Waals surface area contributed by atoms with Crippen molar-refractivity contribution in [2.45, 2.75) is 45.3 Å². The maximum Gasteiger partial charge on any atom is 0.329 e. The highest BCUT2D eigenvalue weighted by atomic mass is 32.1. The molecule has 0 radical (unpaired) electrons. The number of rotatable bonds is 2. The van der Waals surface area contributed by atoms with Gasteiger partial charge in [-0.3, -0.25) is 4.79 Å². The van der Waals surface area contributed by atoms with Gasteiger partial charge in [-0.1, -0.05) is 0 Å². The van der Waals surface area contributed by atoms with Crippen LogP contribution in [0.4, 0.5) is 0 Å². The van der Waals surface area contributed by atoms with Crippen molar-refractivity contribution in [1.82, 2.24) is 9.88 Å². The zero-order valence-corrected chi connectivity index (χ0v) is 12.2. The topological polar surface area (TPSA) is 59.5 Å². The van der Waals surface area contributed by atoms with Crippen molar-refractivity contribution >= 4 is 23.2 Å². The van der Waals surface area contributed by atoms with Crippen LogP contribution < -0.4 is 0 Å². The average molecular weight is 282 g/mol. The Bertz CT molecular complexity index is 465. The number of aromatic nitrogens is 1. The van der Waals surface area contributed by atoms with E-state index in [1.807, 2.05) is 20.8 Å². The molecule has 0 N–H and O–H groups in total. The van der Waals surface area contributed by atoms with E-state index in [0.717, 1.165) is 6.42 Å². The Morgan fingerprint density at radius 1 is 1.47 bits per heavy atom. The third-order valence-electron chi connectivity index (χ3n) is 2.84. The van der Waals surface area contributed by atoms with Crippen molar-refractivity contribution in [3.8, 4) is 0 Å².